The highest BCUT2D eigenvalue weighted by Gasteiger charge is 2.49. The third-order valence-corrected chi connectivity index (χ3v) is 16.7. The summed E-state index contributed by atoms with van der Waals surface area (Å²) in [7, 11) is 0. The van der Waals surface area contributed by atoms with Crippen molar-refractivity contribution in [1.29, 1.82) is 0 Å². The molecule has 0 radical (unpaired) electrons. The molecular formula is C64H62BN3. The minimum absolute atomic E-state index is 0.0326. The van der Waals surface area contributed by atoms with E-state index < -0.39 is 0 Å². The van der Waals surface area contributed by atoms with Gasteiger partial charge in [0.2, 0.25) is 0 Å². The first kappa shape index (κ1) is 41.7. The summed E-state index contributed by atoms with van der Waals surface area (Å²) in [5.74, 6) is 0. The number of nitrogens with zero attached hydrogens (tertiary/aromatic N) is 3. The molecule has 0 saturated heterocycles. The number of anilines is 3. The fraction of sp³-hybridized carbons (Fsp3) is 0.281. The highest BCUT2D eigenvalue weighted by atomic mass is 15.2. The van der Waals surface area contributed by atoms with E-state index in [9.17, 15) is 0 Å². The Bertz CT molecular complexity index is 3600. The Morgan fingerprint density at radius 3 is 1.37 bits per heavy atom. The average Bonchev–Trinajstić information content (AvgIpc) is 3.97. The summed E-state index contributed by atoms with van der Waals surface area (Å²) >= 11 is 0. The van der Waals surface area contributed by atoms with Gasteiger partial charge in [-0.15, -0.1) is 0 Å². The van der Waals surface area contributed by atoms with Gasteiger partial charge in [0.1, 0.15) is 0 Å². The summed E-state index contributed by atoms with van der Waals surface area (Å²) in [5.41, 5.74) is 27.7. The highest BCUT2D eigenvalue weighted by Crippen LogP contribution is 2.57. The molecule has 68 heavy (non-hydrogen) atoms. The molecule has 13 rings (SSSR count). The Labute approximate surface area is 403 Å². The Balaban J connectivity index is 1.22. The quantitative estimate of drug-likeness (QED) is 0.161. The van der Waals surface area contributed by atoms with Crippen molar-refractivity contribution in [2.45, 2.75) is 117 Å². The molecule has 2 aromatic heterocycles. The van der Waals surface area contributed by atoms with Gasteiger partial charge in [-0.3, -0.25) is 0 Å². The van der Waals surface area contributed by atoms with Gasteiger partial charge < -0.3 is 14.0 Å². The fourth-order valence-electron chi connectivity index (χ4n) is 13.2. The first-order valence-electron chi connectivity index (χ1n) is 25.0. The number of hydrogen-bond donors (Lipinski definition) is 0. The van der Waals surface area contributed by atoms with Gasteiger partial charge in [-0.25, -0.2) is 0 Å². The van der Waals surface area contributed by atoms with E-state index >= 15 is 0 Å². The lowest BCUT2D eigenvalue weighted by atomic mass is 9.34. The van der Waals surface area contributed by atoms with Crippen LogP contribution < -0.4 is 21.3 Å². The maximum atomic E-state index is 2.73. The Morgan fingerprint density at radius 1 is 0.426 bits per heavy atom. The van der Waals surface area contributed by atoms with Crippen LogP contribution in [0.15, 0.2) is 140 Å². The van der Waals surface area contributed by atoms with Crippen LogP contribution in [0.25, 0.3) is 55.7 Å². The normalized spacial score (nSPS) is 15.6. The molecule has 4 aliphatic rings. The minimum atomic E-state index is -0.194. The molecule has 0 fully saturated rings. The second kappa shape index (κ2) is 13.2. The monoisotopic (exact) mass is 884 g/mol. The van der Waals surface area contributed by atoms with Gasteiger partial charge in [-0.1, -0.05) is 187 Å². The van der Waals surface area contributed by atoms with Gasteiger partial charge in [0.05, 0.1) is 17.1 Å². The summed E-state index contributed by atoms with van der Waals surface area (Å²) in [6.07, 6.45) is 0. The van der Waals surface area contributed by atoms with Gasteiger partial charge in [0.15, 0.2) is 0 Å². The van der Waals surface area contributed by atoms with E-state index in [1.165, 1.54) is 111 Å². The van der Waals surface area contributed by atoms with Crippen molar-refractivity contribution in [2.24, 2.45) is 0 Å². The van der Waals surface area contributed by atoms with Crippen molar-refractivity contribution >= 4 is 62.0 Å². The largest absolute Gasteiger partial charge is 0.310 e. The van der Waals surface area contributed by atoms with Crippen molar-refractivity contribution in [3.05, 3.63) is 178 Å². The van der Waals surface area contributed by atoms with Crippen LogP contribution in [0.5, 0.6) is 0 Å². The van der Waals surface area contributed by atoms with Crippen LogP contribution in [-0.4, -0.2) is 15.8 Å². The predicted octanol–water partition coefficient (Wildman–Crippen LogP) is 14.7. The van der Waals surface area contributed by atoms with Gasteiger partial charge in [0, 0.05) is 66.5 Å². The summed E-state index contributed by atoms with van der Waals surface area (Å²) in [5, 5.41) is 2.75. The molecule has 9 aromatic rings. The summed E-state index contributed by atoms with van der Waals surface area (Å²) in [6, 6.07) is 54.7. The van der Waals surface area contributed by atoms with Crippen LogP contribution >= 0.6 is 0 Å². The highest BCUT2D eigenvalue weighted by molar-refractivity contribution is 7.00. The molecule has 4 heterocycles. The van der Waals surface area contributed by atoms with Crippen molar-refractivity contribution in [2.75, 3.05) is 4.90 Å². The van der Waals surface area contributed by atoms with E-state index in [0.717, 1.165) is 17.1 Å². The van der Waals surface area contributed by atoms with Crippen LogP contribution in [0.1, 0.15) is 129 Å². The van der Waals surface area contributed by atoms with E-state index in [1.54, 1.807) is 0 Å². The van der Waals surface area contributed by atoms with Gasteiger partial charge in [-0.2, -0.15) is 0 Å². The first-order chi connectivity index (χ1) is 32.2. The Hall–Kier alpha value is -6.52. The molecule has 2 aliphatic carbocycles. The van der Waals surface area contributed by atoms with Crippen molar-refractivity contribution in [3.8, 4) is 33.9 Å². The van der Waals surface area contributed by atoms with Crippen LogP contribution in [0.4, 0.5) is 17.1 Å². The number of hydrogen-bond acceptors (Lipinski definition) is 1. The number of benzene rings is 7. The predicted molar refractivity (Wildman–Crippen MR) is 291 cm³/mol. The Morgan fingerprint density at radius 2 is 0.882 bits per heavy atom. The average molecular weight is 884 g/mol. The van der Waals surface area contributed by atoms with Crippen LogP contribution in [-0.2, 0) is 27.1 Å². The van der Waals surface area contributed by atoms with Crippen LogP contribution in [0.2, 0.25) is 0 Å². The molecule has 0 N–H and O–H groups in total. The van der Waals surface area contributed by atoms with Gasteiger partial charge in [-0.05, 0) is 114 Å². The summed E-state index contributed by atoms with van der Waals surface area (Å²) in [6.45, 7) is 30.8. The molecule has 0 spiro atoms. The van der Waals surface area contributed by atoms with E-state index in [0.29, 0.717) is 0 Å². The number of para-hydroxylation sites is 1. The lowest BCUT2D eigenvalue weighted by Gasteiger charge is -2.37. The lowest BCUT2D eigenvalue weighted by molar-refractivity contribution is 0.590. The molecule has 3 nitrogen and oxygen atoms in total. The number of fused-ring (bicyclic) bond motifs is 14. The number of rotatable bonds is 3. The van der Waals surface area contributed by atoms with Crippen molar-refractivity contribution in [1.82, 2.24) is 9.13 Å². The lowest BCUT2D eigenvalue weighted by Crippen LogP contribution is -2.59. The van der Waals surface area contributed by atoms with E-state index in [1.807, 2.05) is 0 Å². The summed E-state index contributed by atoms with van der Waals surface area (Å²) in [4.78, 5) is 2.53. The van der Waals surface area contributed by atoms with Crippen LogP contribution in [0.3, 0.4) is 0 Å². The zero-order valence-electron chi connectivity index (χ0n) is 42.2. The molecule has 7 aromatic carbocycles. The maximum Gasteiger partial charge on any atom is 0.252 e. The number of aromatic nitrogens is 2. The zero-order valence-corrected chi connectivity index (χ0v) is 42.2. The van der Waals surface area contributed by atoms with Crippen molar-refractivity contribution < 1.29 is 0 Å². The molecule has 0 atom stereocenters. The molecule has 0 unspecified atom stereocenters. The smallest absolute Gasteiger partial charge is 0.252 e. The SMILES string of the molecule is CC(C)(C)c1ccc(N(c2ccc(C(C)(C)C)cc2)c2cc3c4c(c2)-n2c5c(c6cc(C(C)(C)C)cc(c62)B4c2cccc4c6c(n-3c24)-c2ccccc2C6(C)C)C(C)(C)c2ccccc2-5)cc1. The van der Waals surface area contributed by atoms with Gasteiger partial charge >= 0.3 is 0 Å². The molecular weight excluding hydrogens is 822 g/mol. The third kappa shape index (κ3) is 5.32. The topological polar surface area (TPSA) is 13.1 Å². The maximum absolute atomic E-state index is 2.73. The zero-order chi connectivity index (χ0) is 47.4. The molecule has 0 saturated carbocycles. The minimum Gasteiger partial charge on any atom is -0.310 e. The van der Waals surface area contributed by atoms with E-state index in [2.05, 4.69) is 244 Å². The second-order valence-corrected chi connectivity index (χ2v) is 24.7. The molecule has 0 amide bonds. The molecule has 4 heteroatoms. The third-order valence-electron chi connectivity index (χ3n) is 16.7. The molecule has 0 bridgehead atoms. The fourth-order valence-corrected chi connectivity index (χ4v) is 13.2. The first-order valence-corrected chi connectivity index (χ1v) is 25.0. The van der Waals surface area contributed by atoms with Gasteiger partial charge in [0.25, 0.3) is 6.71 Å². The van der Waals surface area contributed by atoms with E-state index in [-0.39, 0.29) is 33.8 Å². The summed E-state index contributed by atoms with van der Waals surface area (Å²) < 4.78 is 5.45. The van der Waals surface area contributed by atoms with Crippen molar-refractivity contribution in [3.63, 3.8) is 0 Å². The van der Waals surface area contributed by atoms with E-state index in [4.69, 9.17) is 0 Å². The molecule has 336 valence electrons. The van der Waals surface area contributed by atoms with Crippen LogP contribution in [0, 0.1) is 0 Å². The standard InChI is InChI=1S/C64H62BN3/c1-60(2,3)37-25-29-40(30-26-37)66(41-31-27-38(28-32-41)61(4,5)6)42-35-51-55-52(36-42)68-57-46(54-59(68)44-20-15-17-23-48(44)64(54,12)13)33-39(62(7,8)9)34-50(57)65(55)49-24-18-21-45-53-58(67(51)56(45)49)43-19-14-16-22-47(43)63(53,10)11/h14-36H,1-13H3. The molecule has 2 aliphatic heterocycles. The Kier molecular flexibility index (Phi) is 8.07. The second-order valence-electron chi connectivity index (χ2n) is 24.7.